The number of rotatable bonds is 3. The number of hydrogen-bond acceptors (Lipinski definition) is 6. The summed E-state index contributed by atoms with van der Waals surface area (Å²) in [6.45, 7) is 1.29. The summed E-state index contributed by atoms with van der Waals surface area (Å²) < 4.78 is 7.98. The maximum Gasteiger partial charge on any atom is 0.270 e. The van der Waals surface area contributed by atoms with E-state index in [1.807, 2.05) is 0 Å². The van der Waals surface area contributed by atoms with Gasteiger partial charge in [0.2, 0.25) is 0 Å². The lowest BCUT2D eigenvalue weighted by Crippen LogP contribution is -2.29. The van der Waals surface area contributed by atoms with Crippen LogP contribution in [0, 0.1) is 10.1 Å². The summed E-state index contributed by atoms with van der Waals surface area (Å²) in [7, 11) is 0. The predicted molar refractivity (Wildman–Crippen MR) is 88.6 cm³/mol. The Morgan fingerprint density at radius 3 is 2.75 bits per heavy atom. The lowest BCUT2D eigenvalue weighted by atomic mass is 10.1. The highest BCUT2D eigenvalue weighted by Gasteiger charge is 2.11. The van der Waals surface area contributed by atoms with Crippen molar-refractivity contribution in [1.82, 2.24) is 4.57 Å². The summed E-state index contributed by atoms with van der Waals surface area (Å²) >= 11 is 1.35. The van der Waals surface area contributed by atoms with Gasteiger partial charge in [0.25, 0.3) is 11.2 Å². The van der Waals surface area contributed by atoms with E-state index in [0.29, 0.717) is 29.1 Å². The van der Waals surface area contributed by atoms with E-state index in [1.54, 1.807) is 34.9 Å². The Morgan fingerprint density at radius 1 is 1.25 bits per heavy atom. The molecule has 0 amide bonds. The van der Waals surface area contributed by atoms with Crippen LogP contribution in [0.15, 0.2) is 50.6 Å². The highest BCUT2D eigenvalue weighted by molar-refractivity contribution is 7.07. The molecule has 120 valence electrons. The van der Waals surface area contributed by atoms with Gasteiger partial charge in [0.05, 0.1) is 16.0 Å². The number of aromatic nitrogens is 1. The minimum Gasteiger partial charge on any atom is -0.457 e. The van der Waals surface area contributed by atoms with Gasteiger partial charge in [-0.3, -0.25) is 24.5 Å². The fourth-order valence-electron chi connectivity index (χ4n) is 2.53. The third-order valence-corrected chi connectivity index (χ3v) is 4.77. The molecule has 2 aromatic heterocycles. The van der Waals surface area contributed by atoms with E-state index in [-0.39, 0.29) is 11.2 Å². The third kappa shape index (κ3) is 2.46. The van der Waals surface area contributed by atoms with E-state index >= 15 is 0 Å². The van der Waals surface area contributed by atoms with E-state index in [0.717, 1.165) is 10.4 Å². The molecule has 0 spiro atoms. The van der Waals surface area contributed by atoms with E-state index in [9.17, 15) is 14.9 Å². The molecule has 24 heavy (non-hydrogen) atoms. The van der Waals surface area contributed by atoms with Crippen molar-refractivity contribution in [1.29, 1.82) is 0 Å². The standard InChI is InChI=1S/C16H11N3O4S/c20-15-14(24-16-17-7-8-18(15)16)9-12-5-6-13(23-12)10-1-3-11(4-2-10)19(21)22/h1-6,9H,7-8H2/b14-9+. The first kappa shape index (κ1) is 14.6. The van der Waals surface area contributed by atoms with Crippen molar-refractivity contribution < 1.29 is 9.34 Å². The molecule has 3 aromatic rings. The average Bonchev–Trinajstić information content (AvgIpc) is 3.28. The first-order chi connectivity index (χ1) is 11.6. The molecular formula is C16H11N3O4S. The van der Waals surface area contributed by atoms with Crippen molar-refractivity contribution in [3.63, 3.8) is 0 Å². The van der Waals surface area contributed by atoms with Crippen LogP contribution in [-0.4, -0.2) is 16.0 Å². The van der Waals surface area contributed by atoms with Gasteiger partial charge in [-0.2, -0.15) is 0 Å². The van der Waals surface area contributed by atoms with Gasteiger partial charge in [-0.15, -0.1) is 0 Å². The molecule has 0 saturated carbocycles. The van der Waals surface area contributed by atoms with Crippen molar-refractivity contribution in [2.75, 3.05) is 6.54 Å². The minimum absolute atomic E-state index is 0.0296. The summed E-state index contributed by atoms with van der Waals surface area (Å²) in [5.41, 5.74) is 0.715. The fourth-order valence-corrected chi connectivity index (χ4v) is 3.54. The molecule has 8 heteroatoms. The normalized spacial score (nSPS) is 13.8. The Hall–Kier alpha value is -3.00. The average molecular weight is 341 g/mol. The Bertz CT molecular complexity index is 1110. The van der Waals surface area contributed by atoms with Crippen molar-refractivity contribution >= 4 is 23.1 Å². The van der Waals surface area contributed by atoms with E-state index in [1.165, 1.54) is 23.5 Å². The third-order valence-electron chi connectivity index (χ3n) is 3.72. The number of furan rings is 1. The highest BCUT2D eigenvalue weighted by Crippen LogP contribution is 2.24. The molecule has 0 saturated heterocycles. The molecule has 1 aliphatic rings. The molecule has 4 rings (SSSR count). The zero-order chi connectivity index (χ0) is 16.7. The molecular weight excluding hydrogens is 330 g/mol. The summed E-state index contributed by atoms with van der Waals surface area (Å²) in [5, 5.41) is 10.7. The first-order valence-corrected chi connectivity index (χ1v) is 8.04. The van der Waals surface area contributed by atoms with Crippen molar-refractivity contribution in [2.45, 2.75) is 6.54 Å². The molecule has 0 unspecified atom stereocenters. The van der Waals surface area contributed by atoms with E-state index in [4.69, 9.17) is 4.42 Å². The van der Waals surface area contributed by atoms with Crippen LogP contribution < -0.4 is 14.9 Å². The molecule has 0 aliphatic carbocycles. The van der Waals surface area contributed by atoms with E-state index in [2.05, 4.69) is 4.99 Å². The van der Waals surface area contributed by atoms with Crippen LogP contribution in [0.3, 0.4) is 0 Å². The van der Waals surface area contributed by atoms with Gasteiger partial charge in [-0.25, -0.2) is 0 Å². The second kappa shape index (κ2) is 5.57. The van der Waals surface area contributed by atoms with Crippen LogP contribution in [0.5, 0.6) is 0 Å². The highest BCUT2D eigenvalue weighted by atomic mass is 32.1. The minimum atomic E-state index is -0.445. The molecule has 1 aromatic carbocycles. The van der Waals surface area contributed by atoms with Gasteiger partial charge < -0.3 is 4.42 Å². The van der Waals surface area contributed by atoms with Gasteiger partial charge in [0.15, 0.2) is 4.80 Å². The maximum atomic E-state index is 12.2. The second-order valence-electron chi connectivity index (χ2n) is 5.24. The largest absolute Gasteiger partial charge is 0.457 e. The van der Waals surface area contributed by atoms with Gasteiger partial charge in [-0.1, -0.05) is 11.3 Å². The summed E-state index contributed by atoms with van der Waals surface area (Å²) in [6.07, 6.45) is 1.70. The molecule has 3 heterocycles. The zero-order valence-electron chi connectivity index (χ0n) is 12.3. The molecule has 0 N–H and O–H groups in total. The second-order valence-corrected chi connectivity index (χ2v) is 6.25. The number of hydrogen-bond donors (Lipinski definition) is 0. The molecule has 0 bridgehead atoms. The topological polar surface area (TPSA) is 90.6 Å². The van der Waals surface area contributed by atoms with Crippen LogP contribution in [-0.2, 0) is 6.54 Å². The Morgan fingerprint density at radius 2 is 2.04 bits per heavy atom. The molecule has 0 radical (unpaired) electrons. The van der Waals surface area contributed by atoms with Gasteiger partial charge >= 0.3 is 0 Å². The maximum absolute atomic E-state index is 12.2. The van der Waals surface area contributed by atoms with Crippen LogP contribution >= 0.6 is 11.3 Å². The first-order valence-electron chi connectivity index (χ1n) is 7.22. The summed E-state index contributed by atoms with van der Waals surface area (Å²) in [6, 6.07) is 9.67. The number of nitro groups is 1. The molecule has 0 atom stereocenters. The Kier molecular flexibility index (Phi) is 3.39. The summed E-state index contributed by atoms with van der Waals surface area (Å²) in [4.78, 5) is 27.5. The van der Waals surface area contributed by atoms with Crippen LogP contribution in [0.4, 0.5) is 5.69 Å². The summed E-state index contributed by atoms with van der Waals surface area (Å²) in [5.74, 6) is 1.14. The predicted octanol–water partition coefficient (Wildman–Crippen LogP) is 1.54. The Labute approximate surface area is 139 Å². The number of fused-ring (bicyclic) bond motifs is 1. The quantitative estimate of drug-likeness (QED) is 0.534. The van der Waals surface area contributed by atoms with Crippen LogP contribution in [0.1, 0.15) is 5.76 Å². The van der Waals surface area contributed by atoms with Crippen molar-refractivity contribution in [2.24, 2.45) is 4.99 Å². The van der Waals surface area contributed by atoms with Crippen LogP contribution in [0.2, 0.25) is 0 Å². The number of nitro benzene ring substituents is 1. The molecule has 7 nitrogen and oxygen atoms in total. The lowest BCUT2D eigenvalue weighted by molar-refractivity contribution is -0.384. The van der Waals surface area contributed by atoms with Crippen LogP contribution in [0.25, 0.3) is 17.4 Å². The monoisotopic (exact) mass is 341 g/mol. The zero-order valence-corrected chi connectivity index (χ0v) is 13.2. The van der Waals surface area contributed by atoms with E-state index < -0.39 is 4.92 Å². The SMILES string of the molecule is O=c1/c(=C\c2ccc(-c3ccc([N+](=O)[O-])cc3)o2)sc2n1CCN=2. The number of thiazole rings is 1. The Balaban J connectivity index is 1.69. The van der Waals surface area contributed by atoms with Gasteiger partial charge in [0, 0.05) is 30.3 Å². The number of benzene rings is 1. The number of non-ortho nitro benzene ring substituents is 1. The lowest BCUT2D eigenvalue weighted by Gasteiger charge is -1.96. The fraction of sp³-hybridized carbons (Fsp3) is 0.125. The molecule has 1 aliphatic heterocycles. The van der Waals surface area contributed by atoms with Crippen molar-refractivity contribution in [3.05, 3.63) is 72.0 Å². The number of nitrogens with zero attached hydrogens (tertiary/aromatic N) is 3. The van der Waals surface area contributed by atoms with Gasteiger partial charge in [0.1, 0.15) is 11.5 Å². The molecule has 0 fully saturated rings. The van der Waals surface area contributed by atoms with Crippen molar-refractivity contribution in [3.8, 4) is 11.3 Å². The smallest absolute Gasteiger partial charge is 0.270 e. The van der Waals surface area contributed by atoms with Gasteiger partial charge in [-0.05, 0) is 24.3 Å².